The predicted molar refractivity (Wildman–Crippen MR) is 66.6 cm³/mol. The van der Waals surface area contributed by atoms with Crippen LogP contribution in [0.25, 0.3) is 0 Å². The van der Waals surface area contributed by atoms with Gasteiger partial charge in [-0.3, -0.25) is 0 Å². The fourth-order valence-corrected chi connectivity index (χ4v) is 2.41. The fraction of sp³-hybridized carbons (Fsp3) is 0.615. The Morgan fingerprint density at radius 3 is 2.65 bits per heavy atom. The second-order valence-electron chi connectivity index (χ2n) is 5.08. The highest BCUT2D eigenvalue weighted by Crippen LogP contribution is 2.30. The first kappa shape index (κ1) is 11.8. The molecule has 0 aliphatic heterocycles. The molecular weight excluding hydrogens is 212 g/mol. The molecule has 1 heterocycles. The molecule has 0 bridgehead atoms. The van der Waals surface area contributed by atoms with Crippen molar-refractivity contribution in [2.45, 2.75) is 51.5 Å². The lowest BCUT2D eigenvalue weighted by molar-refractivity contribution is 0.347. The molecular formula is C13H18N4. The SMILES string of the molecule is Cc1cc(C#N)nc(NC2(C)CCCCC2)n1. The number of nitriles is 1. The summed E-state index contributed by atoms with van der Waals surface area (Å²) in [6.45, 7) is 4.10. The van der Waals surface area contributed by atoms with Crippen molar-refractivity contribution in [3.8, 4) is 6.07 Å². The zero-order valence-corrected chi connectivity index (χ0v) is 10.5. The van der Waals surface area contributed by atoms with Crippen LogP contribution in [0.1, 0.15) is 50.4 Å². The highest BCUT2D eigenvalue weighted by Gasteiger charge is 2.27. The molecule has 0 unspecified atom stereocenters. The summed E-state index contributed by atoms with van der Waals surface area (Å²) in [7, 11) is 0. The molecule has 0 atom stereocenters. The molecule has 4 heteroatoms. The van der Waals surface area contributed by atoms with E-state index >= 15 is 0 Å². The normalized spacial score (nSPS) is 18.4. The lowest BCUT2D eigenvalue weighted by Gasteiger charge is -2.34. The number of anilines is 1. The summed E-state index contributed by atoms with van der Waals surface area (Å²) in [6, 6.07) is 3.77. The number of aryl methyl sites for hydroxylation is 1. The van der Waals surface area contributed by atoms with Gasteiger partial charge in [-0.15, -0.1) is 0 Å². The molecule has 0 spiro atoms. The van der Waals surface area contributed by atoms with E-state index in [9.17, 15) is 0 Å². The van der Waals surface area contributed by atoms with Gasteiger partial charge in [0, 0.05) is 11.2 Å². The van der Waals surface area contributed by atoms with Gasteiger partial charge in [0.15, 0.2) is 0 Å². The van der Waals surface area contributed by atoms with Crippen molar-refractivity contribution in [1.82, 2.24) is 9.97 Å². The molecule has 0 amide bonds. The van der Waals surface area contributed by atoms with Crippen molar-refractivity contribution in [2.75, 3.05) is 5.32 Å². The van der Waals surface area contributed by atoms with Crippen molar-refractivity contribution in [2.24, 2.45) is 0 Å². The van der Waals surface area contributed by atoms with Crippen molar-refractivity contribution in [3.63, 3.8) is 0 Å². The third kappa shape index (κ3) is 2.94. The maximum absolute atomic E-state index is 8.89. The number of rotatable bonds is 2. The van der Waals surface area contributed by atoms with Gasteiger partial charge in [0.2, 0.25) is 5.95 Å². The largest absolute Gasteiger partial charge is 0.349 e. The average molecular weight is 230 g/mol. The molecule has 0 saturated heterocycles. The van der Waals surface area contributed by atoms with Gasteiger partial charge in [0.05, 0.1) is 0 Å². The van der Waals surface area contributed by atoms with Crippen LogP contribution < -0.4 is 5.32 Å². The Morgan fingerprint density at radius 1 is 1.29 bits per heavy atom. The molecule has 2 rings (SSSR count). The smallest absolute Gasteiger partial charge is 0.224 e. The minimum Gasteiger partial charge on any atom is -0.349 e. The van der Waals surface area contributed by atoms with E-state index in [4.69, 9.17) is 5.26 Å². The number of hydrogen-bond acceptors (Lipinski definition) is 4. The van der Waals surface area contributed by atoms with E-state index in [1.165, 1.54) is 19.3 Å². The van der Waals surface area contributed by atoms with Crippen molar-refractivity contribution in [3.05, 3.63) is 17.5 Å². The summed E-state index contributed by atoms with van der Waals surface area (Å²) in [4.78, 5) is 8.56. The molecule has 17 heavy (non-hydrogen) atoms. The van der Waals surface area contributed by atoms with Crippen molar-refractivity contribution < 1.29 is 0 Å². The van der Waals surface area contributed by atoms with Gasteiger partial charge >= 0.3 is 0 Å². The molecule has 0 radical (unpaired) electrons. The molecule has 1 aromatic heterocycles. The van der Waals surface area contributed by atoms with Crippen LogP contribution >= 0.6 is 0 Å². The van der Waals surface area contributed by atoms with E-state index in [1.54, 1.807) is 6.07 Å². The van der Waals surface area contributed by atoms with Crippen LogP contribution in [0, 0.1) is 18.3 Å². The first-order valence-corrected chi connectivity index (χ1v) is 6.15. The number of aromatic nitrogens is 2. The summed E-state index contributed by atoms with van der Waals surface area (Å²) in [5.74, 6) is 0.589. The number of nitrogens with one attached hydrogen (secondary N) is 1. The minimum absolute atomic E-state index is 0.0821. The maximum Gasteiger partial charge on any atom is 0.224 e. The molecule has 1 fully saturated rings. The zero-order valence-electron chi connectivity index (χ0n) is 10.5. The first-order chi connectivity index (χ1) is 8.11. The first-order valence-electron chi connectivity index (χ1n) is 6.15. The second-order valence-corrected chi connectivity index (χ2v) is 5.08. The van der Waals surface area contributed by atoms with Crippen LogP contribution in [-0.2, 0) is 0 Å². The van der Waals surface area contributed by atoms with Gasteiger partial charge in [0.25, 0.3) is 0 Å². The summed E-state index contributed by atoms with van der Waals surface area (Å²) >= 11 is 0. The molecule has 1 aliphatic rings. The van der Waals surface area contributed by atoms with Crippen molar-refractivity contribution in [1.29, 1.82) is 5.26 Å². The Bertz CT molecular complexity index is 441. The van der Waals surface area contributed by atoms with Gasteiger partial charge in [-0.05, 0) is 32.8 Å². The van der Waals surface area contributed by atoms with Gasteiger partial charge in [-0.2, -0.15) is 5.26 Å². The summed E-state index contributed by atoms with van der Waals surface area (Å²) < 4.78 is 0. The van der Waals surface area contributed by atoms with Crippen LogP contribution in [-0.4, -0.2) is 15.5 Å². The Hall–Kier alpha value is -1.63. The van der Waals surface area contributed by atoms with Gasteiger partial charge in [-0.25, -0.2) is 9.97 Å². The van der Waals surface area contributed by atoms with Crippen LogP contribution in [0.2, 0.25) is 0 Å². The zero-order chi connectivity index (χ0) is 12.3. The van der Waals surface area contributed by atoms with Gasteiger partial charge in [0.1, 0.15) is 11.8 Å². The highest BCUT2D eigenvalue weighted by molar-refractivity contribution is 5.35. The van der Waals surface area contributed by atoms with Crippen LogP contribution in [0.3, 0.4) is 0 Å². The standard InChI is InChI=1S/C13H18N4/c1-10-8-11(9-14)16-12(15-10)17-13(2)6-4-3-5-7-13/h8H,3-7H2,1-2H3,(H,15,16,17). The third-order valence-corrected chi connectivity index (χ3v) is 3.34. The monoisotopic (exact) mass is 230 g/mol. The van der Waals surface area contributed by atoms with Crippen LogP contribution in [0.4, 0.5) is 5.95 Å². The third-order valence-electron chi connectivity index (χ3n) is 3.34. The average Bonchev–Trinajstić information content (AvgIpc) is 2.28. The van der Waals surface area contributed by atoms with E-state index < -0.39 is 0 Å². The van der Waals surface area contributed by atoms with E-state index in [0.29, 0.717) is 11.6 Å². The molecule has 90 valence electrons. The Morgan fingerprint density at radius 2 is 2.00 bits per heavy atom. The molecule has 1 aliphatic carbocycles. The van der Waals surface area contributed by atoms with Crippen LogP contribution in [0.5, 0.6) is 0 Å². The minimum atomic E-state index is 0.0821. The molecule has 1 N–H and O–H groups in total. The summed E-state index contributed by atoms with van der Waals surface area (Å²) in [6.07, 6.45) is 6.11. The summed E-state index contributed by atoms with van der Waals surface area (Å²) in [5.41, 5.74) is 1.34. The molecule has 4 nitrogen and oxygen atoms in total. The number of nitrogens with zero attached hydrogens (tertiary/aromatic N) is 3. The molecule has 1 saturated carbocycles. The lowest BCUT2D eigenvalue weighted by atomic mass is 9.83. The van der Waals surface area contributed by atoms with Crippen molar-refractivity contribution >= 4 is 5.95 Å². The van der Waals surface area contributed by atoms with E-state index in [2.05, 4.69) is 28.3 Å². The van der Waals surface area contributed by atoms with Crippen LogP contribution in [0.15, 0.2) is 6.07 Å². The summed E-state index contributed by atoms with van der Waals surface area (Å²) in [5, 5.41) is 12.3. The second kappa shape index (κ2) is 4.70. The Balaban J connectivity index is 2.17. The van der Waals surface area contributed by atoms with E-state index in [0.717, 1.165) is 18.5 Å². The van der Waals surface area contributed by atoms with Gasteiger partial charge < -0.3 is 5.32 Å². The quantitative estimate of drug-likeness (QED) is 0.848. The maximum atomic E-state index is 8.89. The van der Waals surface area contributed by atoms with Gasteiger partial charge in [-0.1, -0.05) is 19.3 Å². The lowest BCUT2D eigenvalue weighted by Crippen LogP contribution is -2.37. The van der Waals surface area contributed by atoms with E-state index in [-0.39, 0.29) is 5.54 Å². The highest BCUT2D eigenvalue weighted by atomic mass is 15.1. The Kier molecular flexibility index (Phi) is 3.28. The topological polar surface area (TPSA) is 61.6 Å². The molecule has 1 aromatic rings. The fourth-order valence-electron chi connectivity index (χ4n) is 2.41. The van der Waals surface area contributed by atoms with E-state index in [1.807, 2.05) is 6.92 Å². The number of hydrogen-bond donors (Lipinski definition) is 1. The Labute approximate surface area is 102 Å². The predicted octanol–water partition coefficient (Wildman–Crippen LogP) is 2.79. The molecule has 0 aromatic carbocycles.